The minimum atomic E-state index is -1.29. The smallest absolute Gasteiger partial charge is 0.319 e. The number of carbonyl (C=O) groups is 3. The van der Waals surface area contributed by atoms with Gasteiger partial charge in [-0.2, -0.15) is 5.26 Å². The molecular formula is C24H21Cl2N3O4S. The first-order valence-electron chi connectivity index (χ1n) is 10.3. The summed E-state index contributed by atoms with van der Waals surface area (Å²) in [7, 11) is 0. The van der Waals surface area contributed by atoms with Crippen LogP contribution in [-0.4, -0.2) is 30.1 Å². The molecule has 0 saturated heterocycles. The van der Waals surface area contributed by atoms with Crippen molar-refractivity contribution in [1.29, 1.82) is 5.26 Å². The van der Waals surface area contributed by atoms with Gasteiger partial charge in [0.1, 0.15) is 5.92 Å². The number of hydrogen-bond acceptors (Lipinski definition) is 6. The Hall–Kier alpha value is -2.99. The molecule has 2 N–H and O–H groups in total. The van der Waals surface area contributed by atoms with E-state index >= 15 is 0 Å². The fraction of sp³-hybridized carbons (Fsp3) is 0.250. The first kappa shape index (κ1) is 25.6. The topological polar surface area (TPSA) is 108 Å². The van der Waals surface area contributed by atoms with Gasteiger partial charge in [0.2, 0.25) is 11.8 Å². The van der Waals surface area contributed by atoms with Crippen LogP contribution >= 0.6 is 35.0 Å². The van der Waals surface area contributed by atoms with Gasteiger partial charge in [-0.1, -0.05) is 59.2 Å². The van der Waals surface area contributed by atoms with E-state index < -0.39 is 23.7 Å². The van der Waals surface area contributed by atoms with Crippen LogP contribution in [0.3, 0.4) is 0 Å². The largest absolute Gasteiger partial charge is 0.465 e. The summed E-state index contributed by atoms with van der Waals surface area (Å²) in [5.74, 6) is -4.07. The fourth-order valence-electron chi connectivity index (χ4n) is 3.55. The summed E-state index contributed by atoms with van der Waals surface area (Å²) in [4.78, 5) is 38.2. The third-order valence-electron chi connectivity index (χ3n) is 5.20. The quantitative estimate of drug-likeness (QED) is 0.403. The molecule has 2 atom stereocenters. The maximum absolute atomic E-state index is 13.0. The molecule has 1 aliphatic rings. The predicted molar refractivity (Wildman–Crippen MR) is 132 cm³/mol. The standard InChI is InChI=1S/C24H21Cl2N3O4S/c1-3-33-24(32)21-20(14-7-4-5-8-17(14)26)15(11-27)23(29-22(21)31)34-12-19(30)28-18-10-6-9-16(25)13(18)2/h4-10,20-21H,3,12H2,1-2H3,(H,28,30)(H,29,31)/t20-,21+/m0/s1. The molecule has 176 valence electrons. The molecule has 34 heavy (non-hydrogen) atoms. The first-order valence-corrected chi connectivity index (χ1v) is 12.1. The number of carbonyl (C=O) groups excluding carboxylic acids is 3. The van der Waals surface area contributed by atoms with E-state index in [1.165, 1.54) is 0 Å². The summed E-state index contributed by atoms with van der Waals surface area (Å²) in [6.07, 6.45) is 0. The van der Waals surface area contributed by atoms with Crippen LogP contribution in [0.15, 0.2) is 53.1 Å². The van der Waals surface area contributed by atoms with Gasteiger partial charge in [0, 0.05) is 21.7 Å². The first-order chi connectivity index (χ1) is 16.3. The number of ether oxygens (including phenoxy) is 1. The maximum atomic E-state index is 13.0. The van der Waals surface area contributed by atoms with E-state index in [9.17, 15) is 19.6 Å². The van der Waals surface area contributed by atoms with Crippen LogP contribution in [0.2, 0.25) is 10.0 Å². The predicted octanol–water partition coefficient (Wildman–Crippen LogP) is 4.80. The van der Waals surface area contributed by atoms with E-state index in [0.717, 1.165) is 17.3 Å². The highest BCUT2D eigenvalue weighted by Gasteiger charge is 2.45. The Morgan fingerprint density at radius 2 is 1.88 bits per heavy atom. The van der Waals surface area contributed by atoms with Crippen molar-refractivity contribution in [1.82, 2.24) is 5.32 Å². The van der Waals surface area contributed by atoms with Gasteiger partial charge in [-0.05, 0) is 43.2 Å². The number of esters is 1. The van der Waals surface area contributed by atoms with E-state index in [0.29, 0.717) is 21.3 Å². The molecule has 0 aliphatic carbocycles. The van der Waals surface area contributed by atoms with E-state index in [2.05, 4.69) is 16.7 Å². The molecule has 1 heterocycles. The fourth-order valence-corrected chi connectivity index (χ4v) is 4.83. The Morgan fingerprint density at radius 1 is 1.18 bits per heavy atom. The lowest BCUT2D eigenvalue weighted by Crippen LogP contribution is -2.44. The number of hydrogen-bond donors (Lipinski definition) is 2. The molecule has 0 fully saturated rings. The van der Waals surface area contributed by atoms with Crippen LogP contribution < -0.4 is 10.6 Å². The zero-order chi connectivity index (χ0) is 24.8. The molecule has 3 rings (SSSR count). The zero-order valence-corrected chi connectivity index (χ0v) is 20.7. The summed E-state index contributed by atoms with van der Waals surface area (Å²) in [6, 6.07) is 14.0. The van der Waals surface area contributed by atoms with Crippen LogP contribution in [0.25, 0.3) is 0 Å². The molecule has 7 nitrogen and oxygen atoms in total. The third-order valence-corrected chi connectivity index (χ3v) is 6.97. The number of rotatable bonds is 7. The maximum Gasteiger partial charge on any atom is 0.319 e. The summed E-state index contributed by atoms with van der Waals surface area (Å²) < 4.78 is 5.10. The van der Waals surface area contributed by atoms with Gasteiger partial charge in [-0.15, -0.1) is 0 Å². The van der Waals surface area contributed by atoms with Gasteiger partial charge < -0.3 is 15.4 Å². The molecule has 0 aromatic heterocycles. The molecule has 0 saturated carbocycles. The number of halogens is 2. The summed E-state index contributed by atoms with van der Waals surface area (Å²) in [5.41, 5.74) is 1.87. The second-order valence-corrected chi connectivity index (χ2v) is 9.12. The molecule has 1 aliphatic heterocycles. The normalized spacial score (nSPS) is 17.6. The number of allylic oxidation sites excluding steroid dienone is 1. The Balaban J connectivity index is 1.92. The van der Waals surface area contributed by atoms with Gasteiger partial charge in [0.25, 0.3) is 0 Å². The number of thioether (sulfide) groups is 1. The third kappa shape index (κ3) is 5.55. The number of anilines is 1. The lowest BCUT2D eigenvalue weighted by atomic mass is 9.78. The monoisotopic (exact) mass is 517 g/mol. The van der Waals surface area contributed by atoms with Crippen molar-refractivity contribution >= 4 is 58.4 Å². The zero-order valence-electron chi connectivity index (χ0n) is 18.4. The van der Waals surface area contributed by atoms with Crippen LogP contribution in [0.5, 0.6) is 0 Å². The molecule has 2 amide bonds. The van der Waals surface area contributed by atoms with Crippen molar-refractivity contribution in [2.45, 2.75) is 19.8 Å². The van der Waals surface area contributed by atoms with Crippen molar-refractivity contribution in [2.24, 2.45) is 5.92 Å². The van der Waals surface area contributed by atoms with Gasteiger partial charge in [0.15, 0.2) is 0 Å². The lowest BCUT2D eigenvalue weighted by Gasteiger charge is -2.31. The lowest BCUT2D eigenvalue weighted by molar-refractivity contribution is -0.152. The molecule has 0 unspecified atom stereocenters. The van der Waals surface area contributed by atoms with Crippen LogP contribution in [0.4, 0.5) is 5.69 Å². The highest BCUT2D eigenvalue weighted by Crippen LogP contribution is 2.42. The molecular weight excluding hydrogens is 497 g/mol. The molecule has 2 aromatic carbocycles. The van der Waals surface area contributed by atoms with Crippen molar-refractivity contribution in [3.63, 3.8) is 0 Å². The minimum absolute atomic E-state index is 0.0775. The van der Waals surface area contributed by atoms with Gasteiger partial charge in [0.05, 0.1) is 29.0 Å². The molecule has 0 radical (unpaired) electrons. The van der Waals surface area contributed by atoms with E-state index in [1.807, 2.05) is 0 Å². The second kappa shape index (κ2) is 11.4. The Labute approximate surface area is 211 Å². The van der Waals surface area contributed by atoms with E-state index in [1.54, 1.807) is 56.3 Å². The molecule has 10 heteroatoms. The average molecular weight is 518 g/mol. The van der Waals surface area contributed by atoms with Gasteiger partial charge >= 0.3 is 5.97 Å². The summed E-state index contributed by atoms with van der Waals surface area (Å²) >= 11 is 13.5. The van der Waals surface area contributed by atoms with E-state index in [-0.39, 0.29) is 28.9 Å². The van der Waals surface area contributed by atoms with E-state index in [4.69, 9.17) is 27.9 Å². The van der Waals surface area contributed by atoms with Crippen LogP contribution in [-0.2, 0) is 19.1 Å². The number of amides is 2. The Morgan fingerprint density at radius 3 is 2.56 bits per heavy atom. The number of nitriles is 1. The molecule has 2 aromatic rings. The second-order valence-electron chi connectivity index (χ2n) is 7.32. The van der Waals surface area contributed by atoms with Crippen LogP contribution in [0, 0.1) is 24.2 Å². The highest BCUT2D eigenvalue weighted by atomic mass is 35.5. The highest BCUT2D eigenvalue weighted by molar-refractivity contribution is 8.03. The van der Waals surface area contributed by atoms with Gasteiger partial charge in [-0.3, -0.25) is 14.4 Å². The summed E-state index contributed by atoms with van der Waals surface area (Å²) in [5, 5.41) is 16.4. The average Bonchev–Trinajstić information content (AvgIpc) is 2.80. The van der Waals surface area contributed by atoms with Crippen molar-refractivity contribution < 1.29 is 19.1 Å². The molecule has 0 bridgehead atoms. The summed E-state index contributed by atoms with van der Waals surface area (Å²) in [6.45, 7) is 3.49. The number of benzene rings is 2. The van der Waals surface area contributed by atoms with Gasteiger partial charge in [-0.25, -0.2) is 0 Å². The molecule has 0 spiro atoms. The van der Waals surface area contributed by atoms with Crippen molar-refractivity contribution in [3.8, 4) is 6.07 Å². The number of nitrogens with one attached hydrogen (secondary N) is 2. The van der Waals surface area contributed by atoms with Crippen molar-refractivity contribution in [2.75, 3.05) is 17.7 Å². The Kier molecular flexibility index (Phi) is 8.61. The van der Waals surface area contributed by atoms with Crippen LogP contribution in [0.1, 0.15) is 24.0 Å². The number of nitrogens with zero attached hydrogens (tertiary/aromatic N) is 1. The SMILES string of the molecule is CCOC(=O)[C@H]1C(=O)NC(SCC(=O)Nc2cccc(Cl)c2C)=C(C#N)[C@@H]1c1ccccc1Cl. The van der Waals surface area contributed by atoms with Crippen molar-refractivity contribution in [3.05, 3.63) is 74.2 Å². The minimum Gasteiger partial charge on any atom is -0.465 e. The Bertz CT molecular complexity index is 1210.